The number of benzene rings is 2. The Bertz CT molecular complexity index is 795. The summed E-state index contributed by atoms with van der Waals surface area (Å²) < 4.78 is 11.2. The van der Waals surface area contributed by atoms with Crippen LogP contribution in [0.25, 0.3) is 0 Å². The maximum atomic E-state index is 12.5. The number of amides is 2. The van der Waals surface area contributed by atoms with Crippen molar-refractivity contribution in [1.82, 2.24) is 0 Å². The summed E-state index contributed by atoms with van der Waals surface area (Å²) in [5.41, 5.74) is 1.74. The predicted molar refractivity (Wildman–Crippen MR) is 109 cm³/mol. The van der Waals surface area contributed by atoms with Crippen LogP contribution >= 0.6 is 15.9 Å². The molecule has 0 spiro atoms. The minimum absolute atomic E-state index is 0.0473. The number of anilines is 2. The first kappa shape index (κ1) is 20.9. The summed E-state index contributed by atoms with van der Waals surface area (Å²) in [6.07, 6.45) is 1.24. The molecule has 2 amide bonds. The van der Waals surface area contributed by atoms with Crippen molar-refractivity contribution in [2.24, 2.45) is 0 Å². The van der Waals surface area contributed by atoms with E-state index in [2.05, 4.69) is 26.6 Å². The lowest BCUT2D eigenvalue weighted by atomic mass is 10.2. The van der Waals surface area contributed by atoms with E-state index in [4.69, 9.17) is 9.47 Å². The van der Waals surface area contributed by atoms with Crippen molar-refractivity contribution in [2.45, 2.75) is 19.8 Å². The summed E-state index contributed by atoms with van der Waals surface area (Å²) in [5.74, 6) is 0.342. The SMILES string of the molecule is CCCC(=O)Nc1cccc(NC(=O)c2ccc(OCCOC)c(Br)c2)c1. The number of carbonyl (C=O) groups excluding carboxylic acids is 2. The summed E-state index contributed by atoms with van der Waals surface area (Å²) in [6, 6.07) is 12.2. The maximum Gasteiger partial charge on any atom is 0.255 e. The van der Waals surface area contributed by atoms with Gasteiger partial charge in [0.2, 0.25) is 5.91 Å². The first-order valence-corrected chi connectivity index (χ1v) is 9.45. The highest BCUT2D eigenvalue weighted by molar-refractivity contribution is 9.10. The predicted octanol–water partition coefficient (Wildman–Crippen LogP) is 4.47. The first-order chi connectivity index (χ1) is 13.0. The summed E-state index contributed by atoms with van der Waals surface area (Å²) in [4.78, 5) is 24.2. The second-order valence-corrected chi connectivity index (χ2v) is 6.67. The van der Waals surface area contributed by atoms with Gasteiger partial charge in [-0.3, -0.25) is 9.59 Å². The minimum Gasteiger partial charge on any atom is -0.490 e. The van der Waals surface area contributed by atoms with Gasteiger partial charge in [0.05, 0.1) is 11.1 Å². The third-order valence-electron chi connectivity index (χ3n) is 3.62. The molecule has 0 aliphatic rings. The quantitative estimate of drug-likeness (QED) is 0.570. The van der Waals surface area contributed by atoms with E-state index < -0.39 is 0 Å². The van der Waals surface area contributed by atoms with E-state index in [0.717, 1.165) is 6.42 Å². The number of carbonyl (C=O) groups is 2. The third-order valence-corrected chi connectivity index (χ3v) is 4.24. The molecule has 2 aromatic carbocycles. The normalized spacial score (nSPS) is 10.3. The van der Waals surface area contributed by atoms with Crippen LogP contribution in [-0.2, 0) is 9.53 Å². The van der Waals surface area contributed by atoms with E-state index in [1.165, 1.54) is 0 Å². The minimum atomic E-state index is -0.254. The number of nitrogens with one attached hydrogen (secondary N) is 2. The van der Waals surface area contributed by atoms with E-state index in [9.17, 15) is 9.59 Å². The van der Waals surface area contributed by atoms with Crippen LogP contribution in [0.5, 0.6) is 5.75 Å². The third kappa shape index (κ3) is 6.69. The molecule has 0 atom stereocenters. The zero-order chi connectivity index (χ0) is 19.6. The lowest BCUT2D eigenvalue weighted by molar-refractivity contribution is -0.116. The van der Waals surface area contributed by atoms with Crippen LogP contribution in [0, 0.1) is 0 Å². The summed E-state index contributed by atoms with van der Waals surface area (Å²) in [7, 11) is 1.61. The van der Waals surface area contributed by atoms with Crippen LogP contribution in [0.3, 0.4) is 0 Å². The number of halogens is 1. The number of hydrogen-bond acceptors (Lipinski definition) is 4. The van der Waals surface area contributed by atoms with Gasteiger partial charge in [-0.05, 0) is 58.7 Å². The van der Waals surface area contributed by atoms with Crippen molar-refractivity contribution in [3.8, 4) is 5.75 Å². The molecule has 0 aliphatic heterocycles. The average molecular weight is 435 g/mol. The molecule has 0 bridgehead atoms. The van der Waals surface area contributed by atoms with Gasteiger partial charge in [0.25, 0.3) is 5.91 Å². The molecule has 27 heavy (non-hydrogen) atoms. The monoisotopic (exact) mass is 434 g/mol. The van der Waals surface area contributed by atoms with Crippen molar-refractivity contribution in [2.75, 3.05) is 31.0 Å². The topological polar surface area (TPSA) is 76.7 Å². The molecule has 144 valence electrons. The van der Waals surface area contributed by atoms with Crippen molar-refractivity contribution >= 4 is 39.1 Å². The highest BCUT2D eigenvalue weighted by Gasteiger charge is 2.10. The largest absolute Gasteiger partial charge is 0.490 e. The van der Waals surface area contributed by atoms with Crippen molar-refractivity contribution in [3.05, 3.63) is 52.5 Å². The average Bonchev–Trinajstić information content (AvgIpc) is 2.63. The van der Waals surface area contributed by atoms with Crippen molar-refractivity contribution < 1.29 is 19.1 Å². The molecule has 2 rings (SSSR count). The Morgan fingerprint density at radius 2 is 1.78 bits per heavy atom. The Labute approximate surface area is 167 Å². The second-order valence-electron chi connectivity index (χ2n) is 5.82. The molecule has 2 aromatic rings. The van der Waals surface area contributed by atoms with Gasteiger partial charge in [-0.15, -0.1) is 0 Å². The zero-order valence-electron chi connectivity index (χ0n) is 15.4. The molecule has 2 N–H and O–H groups in total. The Balaban J connectivity index is 2.02. The van der Waals surface area contributed by atoms with Crippen molar-refractivity contribution in [3.63, 3.8) is 0 Å². The highest BCUT2D eigenvalue weighted by atomic mass is 79.9. The molecule has 0 unspecified atom stereocenters. The number of rotatable bonds is 9. The Morgan fingerprint density at radius 1 is 1.04 bits per heavy atom. The summed E-state index contributed by atoms with van der Waals surface area (Å²) >= 11 is 3.41. The molecule has 0 saturated carbocycles. The fourth-order valence-corrected chi connectivity index (χ4v) is 2.82. The molecular weight excluding hydrogens is 412 g/mol. The Kier molecular flexibility index (Phi) is 8.29. The van der Waals surface area contributed by atoms with Gasteiger partial charge in [-0.25, -0.2) is 0 Å². The van der Waals surface area contributed by atoms with Gasteiger partial charge in [0, 0.05) is 30.5 Å². The summed E-state index contributed by atoms with van der Waals surface area (Å²) in [5, 5.41) is 5.64. The lowest BCUT2D eigenvalue weighted by Gasteiger charge is -2.11. The van der Waals surface area contributed by atoms with Gasteiger partial charge < -0.3 is 20.1 Å². The van der Waals surface area contributed by atoms with Crippen LogP contribution in [0.1, 0.15) is 30.1 Å². The van der Waals surface area contributed by atoms with E-state index in [0.29, 0.717) is 46.8 Å². The van der Waals surface area contributed by atoms with Crippen LogP contribution in [0.15, 0.2) is 46.9 Å². The molecule has 6 nitrogen and oxygen atoms in total. The zero-order valence-corrected chi connectivity index (χ0v) is 17.0. The molecule has 7 heteroatoms. The number of ether oxygens (including phenoxy) is 2. The molecule has 0 radical (unpaired) electrons. The highest BCUT2D eigenvalue weighted by Crippen LogP contribution is 2.26. The van der Waals surface area contributed by atoms with E-state index in [-0.39, 0.29) is 11.8 Å². The standard InChI is InChI=1S/C20H23BrN2O4/c1-3-5-19(24)22-15-6-4-7-16(13-15)23-20(25)14-8-9-18(17(21)12-14)27-11-10-26-2/h4,6-9,12-13H,3,5,10-11H2,1-2H3,(H,22,24)(H,23,25). The van der Waals surface area contributed by atoms with Gasteiger partial charge in [-0.1, -0.05) is 13.0 Å². The lowest BCUT2D eigenvalue weighted by Crippen LogP contribution is -2.13. The summed E-state index contributed by atoms with van der Waals surface area (Å²) in [6.45, 7) is 2.86. The van der Waals surface area contributed by atoms with E-state index >= 15 is 0 Å². The van der Waals surface area contributed by atoms with Crippen LogP contribution in [0.4, 0.5) is 11.4 Å². The Hall–Kier alpha value is -2.38. The molecule has 0 fully saturated rings. The molecule has 0 aromatic heterocycles. The number of hydrogen-bond donors (Lipinski definition) is 2. The van der Waals surface area contributed by atoms with Crippen LogP contribution < -0.4 is 15.4 Å². The second kappa shape index (κ2) is 10.7. The van der Waals surface area contributed by atoms with E-state index in [1.54, 1.807) is 49.6 Å². The fraction of sp³-hybridized carbons (Fsp3) is 0.300. The van der Waals surface area contributed by atoms with Gasteiger partial charge in [0.1, 0.15) is 12.4 Å². The van der Waals surface area contributed by atoms with Gasteiger partial charge >= 0.3 is 0 Å². The van der Waals surface area contributed by atoms with Crippen LogP contribution in [0.2, 0.25) is 0 Å². The molecule has 0 heterocycles. The molecular formula is C20H23BrN2O4. The van der Waals surface area contributed by atoms with Crippen LogP contribution in [-0.4, -0.2) is 32.1 Å². The molecule has 0 aliphatic carbocycles. The maximum absolute atomic E-state index is 12.5. The fourth-order valence-electron chi connectivity index (χ4n) is 2.32. The first-order valence-electron chi connectivity index (χ1n) is 8.66. The Morgan fingerprint density at radius 3 is 2.44 bits per heavy atom. The molecule has 0 saturated heterocycles. The number of methoxy groups -OCH3 is 1. The smallest absolute Gasteiger partial charge is 0.255 e. The van der Waals surface area contributed by atoms with E-state index in [1.807, 2.05) is 6.92 Å². The van der Waals surface area contributed by atoms with Gasteiger partial charge in [0.15, 0.2) is 0 Å². The van der Waals surface area contributed by atoms with Gasteiger partial charge in [-0.2, -0.15) is 0 Å². The van der Waals surface area contributed by atoms with Crippen molar-refractivity contribution in [1.29, 1.82) is 0 Å².